The number of H-pyrrole nitrogens is 1. The molecule has 3 aromatic rings. The highest BCUT2D eigenvalue weighted by Crippen LogP contribution is 2.25. The summed E-state index contributed by atoms with van der Waals surface area (Å²) in [6.45, 7) is 4.12. The molecule has 0 saturated heterocycles. The lowest BCUT2D eigenvalue weighted by Crippen LogP contribution is -1.89. The molecule has 2 heterocycles. The molecular weight excluding hydrogens is 246 g/mol. The third-order valence-corrected chi connectivity index (χ3v) is 3.03. The van der Waals surface area contributed by atoms with Crippen LogP contribution >= 0.6 is 12.4 Å². The maximum atomic E-state index is 4.68. The molecule has 18 heavy (non-hydrogen) atoms. The van der Waals surface area contributed by atoms with Crippen LogP contribution in [0.5, 0.6) is 0 Å². The summed E-state index contributed by atoms with van der Waals surface area (Å²) in [5.41, 5.74) is 5.37. The Morgan fingerprint density at radius 2 is 1.89 bits per heavy atom. The Labute approximate surface area is 112 Å². The number of hydrogen-bond donors (Lipinski definition) is 1. The lowest BCUT2D eigenvalue weighted by Gasteiger charge is -2.05. The molecule has 0 bridgehead atoms. The van der Waals surface area contributed by atoms with Crippen LogP contribution in [0.1, 0.15) is 11.3 Å². The standard InChI is InChI=1S/C14H13N3.ClH/c1-9-7-14(12-8-15-17-10(12)2)16-13-6-4-3-5-11(9)13;/h3-8H,1-2H3,(H,15,17);1H. The molecule has 0 aliphatic heterocycles. The number of benzene rings is 1. The first-order valence-corrected chi connectivity index (χ1v) is 5.62. The Morgan fingerprint density at radius 3 is 2.61 bits per heavy atom. The summed E-state index contributed by atoms with van der Waals surface area (Å²) in [6.07, 6.45) is 1.83. The van der Waals surface area contributed by atoms with Crippen molar-refractivity contribution in [2.24, 2.45) is 0 Å². The second-order valence-electron chi connectivity index (χ2n) is 4.25. The number of rotatable bonds is 1. The van der Waals surface area contributed by atoms with Gasteiger partial charge in [0.25, 0.3) is 0 Å². The maximum Gasteiger partial charge on any atom is 0.0746 e. The summed E-state index contributed by atoms with van der Waals surface area (Å²) < 4.78 is 0. The molecular formula is C14H14ClN3. The maximum absolute atomic E-state index is 4.68. The summed E-state index contributed by atoms with van der Waals surface area (Å²) >= 11 is 0. The van der Waals surface area contributed by atoms with Crippen molar-refractivity contribution in [1.29, 1.82) is 0 Å². The number of halogens is 1. The van der Waals surface area contributed by atoms with Crippen molar-refractivity contribution in [3.63, 3.8) is 0 Å². The SMILES string of the molecule is Cc1[nH]ncc1-c1cc(C)c2ccccc2n1.Cl. The number of pyridine rings is 1. The van der Waals surface area contributed by atoms with Crippen LogP contribution in [0.15, 0.2) is 36.5 Å². The first-order valence-electron chi connectivity index (χ1n) is 5.62. The molecule has 0 radical (unpaired) electrons. The van der Waals surface area contributed by atoms with Gasteiger partial charge in [-0.05, 0) is 31.5 Å². The second kappa shape index (κ2) is 4.78. The van der Waals surface area contributed by atoms with Gasteiger partial charge in [-0.15, -0.1) is 12.4 Å². The van der Waals surface area contributed by atoms with Crippen LogP contribution in [0.2, 0.25) is 0 Å². The molecule has 1 aromatic carbocycles. The fourth-order valence-electron chi connectivity index (χ4n) is 2.10. The second-order valence-corrected chi connectivity index (χ2v) is 4.25. The Bertz CT molecular complexity index is 688. The van der Waals surface area contributed by atoms with Crippen LogP contribution in [-0.4, -0.2) is 15.2 Å². The van der Waals surface area contributed by atoms with Crippen molar-refractivity contribution in [1.82, 2.24) is 15.2 Å². The zero-order valence-electron chi connectivity index (χ0n) is 10.3. The molecule has 0 atom stereocenters. The molecule has 92 valence electrons. The minimum absolute atomic E-state index is 0. The fraction of sp³-hybridized carbons (Fsp3) is 0.143. The Morgan fingerprint density at radius 1 is 1.11 bits per heavy atom. The van der Waals surface area contributed by atoms with Gasteiger partial charge in [-0.25, -0.2) is 4.98 Å². The summed E-state index contributed by atoms with van der Waals surface area (Å²) in [6, 6.07) is 10.3. The molecule has 0 amide bonds. The number of nitrogens with zero attached hydrogens (tertiary/aromatic N) is 2. The van der Waals surface area contributed by atoms with Crippen LogP contribution in [0, 0.1) is 13.8 Å². The van der Waals surface area contributed by atoms with Crippen LogP contribution in [-0.2, 0) is 0 Å². The van der Waals surface area contributed by atoms with Gasteiger partial charge in [0.05, 0.1) is 17.4 Å². The zero-order chi connectivity index (χ0) is 11.8. The van der Waals surface area contributed by atoms with Gasteiger partial charge in [0.1, 0.15) is 0 Å². The van der Waals surface area contributed by atoms with Crippen molar-refractivity contribution < 1.29 is 0 Å². The highest BCUT2D eigenvalue weighted by atomic mass is 35.5. The third-order valence-electron chi connectivity index (χ3n) is 3.03. The van der Waals surface area contributed by atoms with E-state index in [2.05, 4.69) is 34.2 Å². The number of aromatic nitrogens is 3. The van der Waals surface area contributed by atoms with Crippen LogP contribution in [0.3, 0.4) is 0 Å². The number of aryl methyl sites for hydroxylation is 2. The van der Waals surface area contributed by atoms with Crippen molar-refractivity contribution >= 4 is 23.3 Å². The summed E-state index contributed by atoms with van der Waals surface area (Å²) in [7, 11) is 0. The molecule has 3 rings (SSSR count). The fourth-order valence-corrected chi connectivity index (χ4v) is 2.10. The molecule has 0 aliphatic rings. The highest BCUT2D eigenvalue weighted by molar-refractivity contribution is 5.85. The lowest BCUT2D eigenvalue weighted by molar-refractivity contribution is 1.05. The minimum atomic E-state index is 0. The van der Waals surface area contributed by atoms with Crippen molar-refractivity contribution in [2.45, 2.75) is 13.8 Å². The zero-order valence-corrected chi connectivity index (χ0v) is 11.1. The lowest BCUT2D eigenvalue weighted by atomic mass is 10.1. The quantitative estimate of drug-likeness (QED) is 0.725. The van der Waals surface area contributed by atoms with Gasteiger partial charge >= 0.3 is 0 Å². The number of aromatic amines is 1. The largest absolute Gasteiger partial charge is 0.282 e. The highest BCUT2D eigenvalue weighted by Gasteiger charge is 2.08. The van der Waals surface area contributed by atoms with Gasteiger partial charge in [-0.1, -0.05) is 18.2 Å². The van der Waals surface area contributed by atoms with Gasteiger partial charge < -0.3 is 0 Å². The van der Waals surface area contributed by atoms with E-state index in [-0.39, 0.29) is 12.4 Å². The van der Waals surface area contributed by atoms with E-state index in [0.29, 0.717) is 0 Å². The van der Waals surface area contributed by atoms with Gasteiger partial charge in [-0.2, -0.15) is 5.10 Å². The predicted molar refractivity (Wildman–Crippen MR) is 76.0 cm³/mol. The van der Waals surface area contributed by atoms with E-state index >= 15 is 0 Å². The van der Waals surface area contributed by atoms with Gasteiger partial charge in [0, 0.05) is 16.6 Å². The first-order chi connectivity index (χ1) is 8.25. The number of fused-ring (bicyclic) bond motifs is 1. The normalized spacial score (nSPS) is 10.3. The van der Waals surface area contributed by atoms with Crippen molar-refractivity contribution in [2.75, 3.05) is 0 Å². The predicted octanol–water partition coefficient (Wildman–Crippen LogP) is 3.66. The van der Waals surface area contributed by atoms with Crippen molar-refractivity contribution in [3.8, 4) is 11.3 Å². The van der Waals surface area contributed by atoms with Gasteiger partial charge in [-0.3, -0.25) is 5.10 Å². The molecule has 1 N–H and O–H groups in total. The monoisotopic (exact) mass is 259 g/mol. The first kappa shape index (κ1) is 12.6. The molecule has 0 aliphatic carbocycles. The Balaban J connectivity index is 0.00000120. The van der Waals surface area contributed by atoms with Gasteiger partial charge in [0.15, 0.2) is 0 Å². The van der Waals surface area contributed by atoms with Crippen LogP contribution in [0.4, 0.5) is 0 Å². The topological polar surface area (TPSA) is 41.6 Å². The van der Waals surface area contributed by atoms with Crippen LogP contribution in [0.25, 0.3) is 22.2 Å². The van der Waals surface area contributed by atoms with Gasteiger partial charge in [0.2, 0.25) is 0 Å². The molecule has 4 heteroatoms. The number of nitrogens with one attached hydrogen (secondary N) is 1. The third kappa shape index (κ3) is 1.97. The van der Waals surface area contributed by atoms with E-state index in [1.54, 1.807) is 0 Å². The molecule has 2 aromatic heterocycles. The van der Waals surface area contributed by atoms with Crippen molar-refractivity contribution in [3.05, 3.63) is 47.8 Å². The average molecular weight is 260 g/mol. The van der Waals surface area contributed by atoms with E-state index in [1.807, 2.05) is 31.3 Å². The molecule has 0 fully saturated rings. The van der Waals surface area contributed by atoms with E-state index in [9.17, 15) is 0 Å². The smallest absolute Gasteiger partial charge is 0.0746 e. The minimum Gasteiger partial charge on any atom is -0.282 e. The summed E-state index contributed by atoms with van der Waals surface area (Å²) in [4.78, 5) is 4.68. The van der Waals surface area contributed by atoms with Crippen LogP contribution < -0.4 is 0 Å². The number of para-hydroxylation sites is 1. The van der Waals surface area contributed by atoms with E-state index in [4.69, 9.17) is 0 Å². The summed E-state index contributed by atoms with van der Waals surface area (Å²) in [5.74, 6) is 0. The summed E-state index contributed by atoms with van der Waals surface area (Å²) in [5, 5.41) is 8.19. The molecule has 3 nitrogen and oxygen atoms in total. The Hall–Kier alpha value is -1.87. The Kier molecular flexibility index (Phi) is 3.34. The number of hydrogen-bond acceptors (Lipinski definition) is 2. The molecule has 0 unspecified atom stereocenters. The van der Waals surface area contributed by atoms with E-state index < -0.39 is 0 Å². The van der Waals surface area contributed by atoms with E-state index in [0.717, 1.165) is 22.5 Å². The molecule has 0 spiro atoms. The van der Waals surface area contributed by atoms with E-state index in [1.165, 1.54) is 10.9 Å². The molecule has 0 saturated carbocycles. The average Bonchev–Trinajstić information content (AvgIpc) is 2.75.